The van der Waals surface area contributed by atoms with Gasteiger partial charge in [0, 0.05) is 12.0 Å². The highest BCUT2D eigenvalue weighted by Crippen LogP contribution is 2.20. The SMILES string of the molecule is C=Cc1nc[n+](O)c2c1CCC2. The summed E-state index contributed by atoms with van der Waals surface area (Å²) in [7, 11) is 0. The lowest BCUT2D eigenvalue weighted by molar-refractivity contribution is -0.911. The summed E-state index contributed by atoms with van der Waals surface area (Å²) in [4.78, 5) is 4.06. The van der Waals surface area contributed by atoms with E-state index in [1.165, 1.54) is 6.33 Å². The van der Waals surface area contributed by atoms with Crippen molar-refractivity contribution >= 4 is 6.08 Å². The zero-order chi connectivity index (χ0) is 8.55. The second-order valence-electron chi connectivity index (χ2n) is 2.96. The van der Waals surface area contributed by atoms with Crippen molar-refractivity contribution in [1.82, 2.24) is 4.98 Å². The first-order valence-electron chi connectivity index (χ1n) is 4.07. The first-order valence-corrected chi connectivity index (χ1v) is 4.07. The lowest BCUT2D eigenvalue weighted by Gasteiger charge is -1.97. The van der Waals surface area contributed by atoms with Gasteiger partial charge in [-0.2, -0.15) is 0 Å². The lowest BCUT2D eigenvalue weighted by Crippen LogP contribution is -2.36. The number of nitrogens with zero attached hydrogens (tertiary/aromatic N) is 2. The van der Waals surface area contributed by atoms with Crippen LogP contribution in [0.1, 0.15) is 23.4 Å². The molecule has 0 aliphatic heterocycles. The third kappa shape index (κ3) is 0.897. The van der Waals surface area contributed by atoms with Gasteiger partial charge in [0.2, 0.25) is 0 Å². The van der Waals surface area contributed by atoms with Crippen LogP contribution in [0.4, 0.5) is 0 Å². The van der Waals surface area contributed by atoms with E-state index in [-0.39, 0.29) is 0 Å². The minimum absolute atomic E-state index is 0.910. The molecule has 0 spiro atoms. The summed E-state index contributed by atoms with van der Waals surface area (Å²) in [6.45, 7) is 3.68. The number of aromatic nitrogens is 2. The topological polar surface area (TPSA) is 37.0 Å². The smallest absolute Gasteiger partial charge is 0.325 e. The molecule has 1 aromatic rings. The van der Waals surface area contributed by atoms with Gasteiger partial charge in [-0.25, -0.2) is 0 Å². The highest BCUT2D eigenvalue weighted by Gasteiger charge is 2.23. The van der Waals surface area contributed by atoms with Gasteiger partial charge >= 0.3 is 6.33 Å². The molecule has 1 aromatic heterocycles. The first kappa shape index (κ1) is 7.28. The fourth-order valence-corrected chi connectivity index (χ4v) is 1.70. The zero-order valence-corrected chi connectivity index (χ0v) is 6.82. The Hall–Kier alpha value is -1.38. The fraction of sp³-hybridized carbons (Fsp3) is 0.333. The molecule has 1 heterocycles. The van der Waals surface area contributed by atoms with Crippen LogP contribution in [0, 0.1) is 0 Å². The standard InChI is InChI=1S/C9H11N2O/c1-2-8-7-4-3-5-9(7)11(12)6-10-8/h2,6,12H,1,3-5H2/q+1. The summed E-state index contributed by atoms with van der Waals surface area (Å²) >= 11 is 0. The van der Waals surface area contributed by atoms with E-state index in [0.717, 1.165) is 40.9 Å². The van der Waals surface area contributed by atoms with E-state index in [2.05, 4.69) is 11.6 Å². The average Bonchev–Trinajstić information content (AvgIpc) is 2.54. The largest absolute Gasteiger partial charge is 0.350 e. The summed E-state index contributed by atoms with van der Waals surface area (Å²) in [6.07, 6.45) is 6.22. The molecule has 0 radical (unpaired) electrons. The van der Waals surface area contributed by atoms with E-state index in [4.69, 9.17) is 0 Å². The minimum Gasteiger partial charge on any atom is -0.350 e. The van der Waals surface area contributed by atoms with Gasteiger partial charge in [-0.05, 0) is 23.9 Å². The highest BCUT2D eigenvalue weighted by molar-refractivity contribution is 5.48. The molecule has 3 heteroatoms. The van der Waals surface area contributed by atoms with Crippen molar-refractivity contribution in [2.75, 3.05) is 0 Å². The molecule has 0 unspecified atom stereocenters. The Morgan fingerprint density at radius 1 is 1.58 bits per heavy atom. The average molecular weight is 163 g/mol. The number of fused-ring (bicyclic) bond motifs is 1. The Morgan fingerprint density at radius 3 is 3.17 bits per heavy atom. The maximum atomic E-state index is 9.37. The molecule has 0 aromatic carbocycles. The van der Waals surface area contributed by atoms with Crippen molar-refractivity contribution in [3.63, 3.8) is 0 Å². The van der Waals surface area contributed by atoms with E-state index >= 15 is 0 Å². The molecule has 1 N–H and O–H groups in total. The summed E-state index contributed by atoms with van der Waals surface area (Å²) in [6, 6.07) is 0. The summed E-state index contributed by atoms with van der Waals surface area (Å²) in [5.74, 6) is 0. The van der Waals surface area contributed by atoms with Crippen LogP contribution in [0.3, 0.4) is 0 Å². The molecular weight excluding hydrogens is 152 g/mol. The maximum Gasteiger partial charge on any atom is 0.325 e. The van der Waals surface area contributed by atoms with Crippen LogP contribution in [-0.2, 0) is 12.8 Å². The van der Waals surface area contributed by atoms with E-state index < -0.39 is 0 Å². The van der Waals surface area contributed by atoms with Crippen LogP contribution in [0.15, 0.2) is 12.9 Å². The van der Waals surface area contributed by atoms with Gasteiger partial charge in [-0.15, -0.1) is 0 Å². The van der Waals surface area contributed by atoms with Crippen LogP contribution in [0.25, 0.3) is 6.08 Å². The van der Waals surface area contributed by atoms with Gasteiger partial charge in [0.1, 0.15) is 0 Å². The molecule has 12 heavy (non-hydrogen) atoms. The fourth-order valence-electron chi connectivity index (χ4n) is 1.70. The van der Waals surface area contributed by atoms with E-state index in [9.17, 15) is 5.21 Å². The third-order valence-corrected chi connectivity index (χ3v) is 2.27. The molecule has 62 valence electrons. The quantitative estimate of drug-likeness (QED) is 0.489. The summed E-state index contributed by atoms with van der Waals surface area (Å²) < 4.78 is 1.12. The van der Waals surface area contributed by atoms with Crippen LogP contribution < -0.4 is 4.73 Å². The minimum atomic E-state index is 0.910. The Bertz CT molecular complexity index is 334. The molecule has 1 aliphatic rings. The Labute approximate surface area is 71.0 Å². The van der Waals surface area contributed by atoms with Crippen molar-refractivity contribution in [1.29, 1.82) is 0 Å². The van der Waals surface area contributed by atoms with Crippen LogP contribution >= 0.6 is 0 Å². The van der Waals surface area contributed by atoms with Gasteiger partial charge in [0.25, 0.3) is 0 Å². The first-order chi connectivity index (χ1) is 5.83. The van der Waals surface area contributed by atoms with Crippen molar-refractivity contribution < 1.29 is 9.94 Å². The van der Waals surface area contributed by atoms with Crippen molar-refractivity contribution in [2.45, 2.75) is 19.3 Å². The molecule has 3 nitrogen and oxygen atoms in total. The number of hydrogen-bond donors (Lipinski definition) is 1. The van der Waals surface area contributed by atoms with Crippen LogP contribution in [0.5, 0.6) is 0 Å². The molecule has 0 saturated heterocycles. The van der Waals surface area contributed by atoms with Gasteiger partial charge in [0.15, 0.2) is 11.4 Å². The molecule has 0 saturated carbocycles. The Balaban J connectivity index is 2.64. The summed E-state index contributed by atoms with van der Waals surface area (Å²) in [5.41, 5.74) is 3.04. The molecule has 1 aliphatic carbocycles. The normalized spacial score (nSPS) is 14.3. The molecule has 0 fully saturated rings. The predicted octanol–water partition coefficient (Wildman–Crippen LogP) is 0.738. The highest BCUT2D eigenvalue weighted by atomic mass is 16.5. The van der Waals surface area contributed by atoms with Crippen molar-refractivity contribution in [2.24, 2.45) is 0 Å². The van der Waals surface area contributed by atoms with Gasteiger partial charge in [0.05, 0.1) is 0 Å². The molecule has 2 rings (SSSR count). The second-order valence-corrected chi connectivity index (χ2v) is 2.96. The van der Waals surface area contributed by atoms with E-state index in [1.54, 1.807) is 6.08 Å². The lowest BCUT2D eigenvalue weighted by atomic mass is 10.2. The Morgan fingerprint density at radius 2 is 2.42 bits per heavy atom. The van der Waals surface area contributed by atoms with Gasteiger partial charge in [-0.3, -0.25) is 0 Å². The van der Waals surface area contributed by atoms with E-state index in [0.29, 0.717) is 0 Å². The molecule has 0 bridgehead atoms. The number of hydrogen-bond acceptors (Lipinski definition) is 2. The van der Waals surface area contributed by atoms with Crippen molar-refractivity contribution in [3.05, 3.63) is 29.9 Å². The number of rotatable bonds is 1. The predicted molar refractivity (Wildman–Crippen MR) is 43.7 cm³/mol. The molecular formula is C9H11N2O+. The Kier molecular flexibility index (Phi) is 1.57. The van der Waals surface area contributed by atoms with E-state index in [1.807, 2.05) is 0 Å². The summed E-state index contributed by atoms with van der Waals surface area (Å²) in [5, 5.41) is 9.37. The molecule has 0 atom stereocenters. The van der Waals surface area contributed by atoms with Crippen LogP contribution in [0.2, 0.25) is 0 Å². The molecule has 0 amide bonds. The van der Waals surface area contributed by atoms with Crippen molar-refractivity contribution in [3.8, 4) is 0 Å². The second kappa shape index (κ2) is 2.59. The maximum absolute atomic E-state index is 9.37. The van der Waals surface area contributed by atoms with Gasteiger partial charge < -0.3 is 5.21 Å². The monoisotopic (exact) mass is 163 g/mol. The zero-order valence-electron chi connectivity index (χ0n) is 6.82. The van der Waals surface area contributed by atoms with Crippen LogP contribution in [-0.4, -0.2) is 10.2 Å². The third-order valence-electron chi connectivity index (χ3n) is 2.27. The van der Waals surface area contributed by atoms with Gasteiger partial charge in [-0.1, -0.05) is 11.3 Å².